The Kier molecular flexibility index (Phi) is 2.94. The van der Waals surface area contributed by atoms with Gasteiger partial charge in [0.25, 0.3) is 0 Å². The van der Waals surface area contributed by atoms with Crippen LogP contribution in [0.3, 0.4) is 0 Å². The zero-order valence-corrected chi connectivity index (χ0v) is 9.09. The predicted molar refractivity (Wildman–Crippen MR) is 44.9 cm³/mol. The maximum absolute atomic E-state index is 2.26. The van der Waals surface area contributed by atoms with Crippen LogP contribution >= 0.6 is 0 Å². The summed E-state index contributed by atoms with van der Waals surface area (Å²) in [6, 6.07) is 8.56. The maximum atomic E-state index is 2.26. The molecule has 0 amide bonds. The fraction of sp³-hybridized carbons (Fsp3) is 0.200. The molecular weight excluding hydrogens is 143 g/mol. The molecule has 0 bridgehead atoms. The van der Waals surface area contributed by atoms with E-state index in [1.165, 1.54) is 16.7 Å². The van der Waals surface area contributed by atoms with E-state index in [1.54, 1.807) is 0 Å². The average Bonchev–Trinajstić information content (AvgIpc) is 2.27. The number of benzene rings is 1. The van der Waals surface area contributed by atoms with E-state index in [-0.39, 0.29) is 31.0 Å². The summed E-state index contributed by atoms with van der Waals surface area (Å²) < 4.78 is 0. The van der Waals surface area contributed by atoms with E-state index in [2.05, 4.69) is 37.3 Å². The molecule has 0 saturated carbocycles. The van der Waals surface area contributed by atoms with Crippen LogP contribution in [0.1, 0.15) is 19.5 Å². The van der Waals surface area contributed by atoms with Crippen molar-refractivity contribution in [2.75, 3.05) is 0 Å². The monoisotopic (exact) mass is 154 g/mol. The van der Waals surface area contributed by atoms with Crippen molar-refractivity contribution in [3.05, 3.63) is 41.0 Å². The minimum Gasteiger partial charge on any atom is -1.00 e. The first kappa shape index (κ1) is 9.05. The Bertz CT molecular complexity index is 292. The zero-order valence-electron chi connectivity index (χ0n) is 8.09. The Morgan fingerprint density at radius 1 is 1.27 bits per heavy atom. The number of fused-ring (bicyclic) bond motifs is 1. The van der Waals surface area contributed by atoms with E-state index < -0.39 is 0 Å². The van der Waals surface area contributed by atoms with Crippen molar-refractivity contribution in [2.45, 2.75) is 13.3 Å². The molecule has 0 fully saturated rings. The predicted octanol–water partition coefficient (Wildman–Crippen LogP) is -0.238. The normalized spacial score (nSPS) is 13.4. The van der Waals surface area contributed by atoms with Crippen LogP contribution < -0.4 is 29.6 Å². The van der Waals surface area contributed by atoms with Gasteiger partial charge in [0.15, 0.2) is 0 Å². The summed E-state index contributed by atoms with van der Waals surface area (Å²) in [6.45, 7) is 2.18. The molecule has 0 aromatic heterocycles. The molecule has 1 aromatic rings. The molecule has 11 heavy (non-hydrogen) atoms. The van der Waals surface area contributed by atoms with Crippen molar-refractivity contribution < 1.29 is 31.0 Å². The van der Waals surface area contributed by atoms with Crippen molar-refractivity contribution in [1.29, 1.82) is 0 Å². The molecule has 1 aliphatic rings. The third kappa shape index (κ3) is 1.76. The van der Waals surface area contributed by atoms with Crippen LogP contribution in [0, 0.1) is 0 Å². The molecule has 0 nitrogen and oxygen atoms in total. The van der Waals surface area contributed by atoms with Gasteiger partial charge in [0.05, 0.1) is 0 Å². The van der Waals surface area contributed by atoms with Crippen LogP contribution in [-0.4, -0.2) is 0 Å². The first-order valence-corrected chi connectivity index (χ1v) is 3.61. The minimum absolute atomic E-state index is 0. The first-order chi connectivity index (χ1) is 4.86. The van der Waals surface area contributed by atoms with Gasteiger partial charge in [-0.3, -0.25) is 0 Å². The molecule has 0 heterocycles. The van der Waals surface area contributed by atoms with Crippen molar-refractivity contribution >= 4 is 6.08 Å². The molecule has 1 aromatic carbocycles. The van der Waals surface area contributed by atoms with Crippen LogP contribution in [0.5, 0.6) is 0 Å². The Labute approximate surface area is 91.1 Å². The van der Waals surface area contributed by atoms with Crippen LogP contribution in [-0.2, 0) is 6.42 Å². The second-order valence-corrected chi connectivity index (χ2v) is 2.87. The Morgan fingerprint density at radius 2 is 2.00 bits per heavy atom. The summed E-state index contributed by atoms with van der Waals surface area (Å²) in [5, 5.41) is 0. The van der Waals surface area contributed by atoms with E-state index >= 15 is 0 Å². The van der Waals surface area contributed by atoms with E-state index in [4.69, 9.17) is 0 Å². The molecule has 0 aliphatic heterocycles. The molecule has 52 valence electrons. The fourth-order valence-electron chi connectivity index (χ4n) is 1.45. The molecular formula is C10H11Na. The topological polar surface area (TPSA) is 0 Å². The van der Waals surface area contributed by atoms with E-state index in [0.717, 1.165) is 6.42 Å². The fourth-order valence-corrected chi connectivity index (χ4v) is 1.45. The van der Waals surface area contributed by atoms with Gasteiger partial charge in [-0.1, -0.05) is 35.9 Å². The summed E-state index contributed by atoms with van der Waals surface area (Å²) in [4.78, 5) is 0. The molecule has 2 rings (SSSR count). The average molecular weight is 154 g/mol. The number of allylic oxidation sites excluding steroid dienone is 1. The molecule has 0 atom stereocenters. The zero-order chi connectivity index (χ0) is 6.97. The van der Waals surface area contributed by atoms with E-state index in [9.17, 15) is 0 Å². The molecule has 0 saturated heterocycles. The number of hydrogen-bond acceptors (Lipinski definition) is 0. The van der Waals surface area contributed by atoms with Crippen molar-refractivity contribution in [3.8, 4) is 0 Å². The quantitative estimate of drug-likeness (QED) is 0.452. The Hall–Kier alpha value is -0.0400. The van der Waals surface area contributed by atoms with Gasteiger partial charge in [0.1, 0.15) is 0 Å². The molecule has 1 aliphatic carbocycles. The van der Waals surface area contributed by atoms with Crippen LogP contribution in [0.2, 0.25) is 0 Å². The number of rotatable bonds is 0. The minimum atomic E-state index is 0. The van der Waals surface area contributed by atoms with Gasteiger partial charge in [-0.15, -0.1) is 0 Å². The van der Waals surface area contributed by atoms with Crippen molar-refractivity contribution in [3.63, 3.8) is 0 Å². The molecule has 0 unspecified atom stereocenters. The van der Waals surface area contributed by atoms with Crippen molar-refractivity contribution in [1.82, 2.24) is 0 Å². The molecule has 0 spiro atoms. The Balaban J connectivity index is 0.000000605. The number of hydrogen-bond donors (Lipinski definition) is 0. The summed E-state index contributed by atoms with van der Waals surface area (Å²) in [5.41, 5.74) is 4.35. The van der Waals surface area contributed by atoms with Crippen molar-refractivity contribution in [2.24, 2.45) is 0 Å². The smallest absolute Gasteiger partial charge is 1.00 e. The largest absolute Gasteiger partial charge is 1.00 e. The van der Waals surface area contributed by atoms with Crippen LogP contribution in [0.15, 0.2) is 29.8 Å². The molecule has 0 radical (unpaired) electrons. The van der Waals surface area contributed by atoms with Gasteiger partial charge < -0.3 is 1.43 Å². The third-order valence-corrected chi connectivity index (χ3v) is 1.93. The molecule has 1 heteroatoms. The van der Waals surface area contributed by atoms with Gasteiger partial charge in [0.2, 0.25) is 0 Å². The summed E-state index contributed by atoms with van der Waals surface area (Å²) in [5.74, 6) is 0. The van der Waals surface area contributed by atoms with Gasteiger partial charge in [-0.25, -0.2) is 0 Å². The maximum Gasteiger partial charge on any atom is 1.00 e. The van der Waals surface area contributed by atoms with Crippen LogP contribution in [0.25, 0.3) is 6.08 Å². The van der Waals surface area contributed by atoms with Gasteiger partial charge in [-0.2, -0.15) is 0 Å². The van der Waals surface area contributed by atoms with Gasteiger partial charge in [0, 0.05) is 0 Å². The summed E-state index contributed by atoms with van der Waals surface area (Å²) in [6.07, 6.45) is 3.41. The molecule has 0 N–H and O–H groups in total. The first-order valence-electron chi connectivity index (χ1n) is 3.61. The van der Waals surface area contributed by atoms with Crippen LogP contribution in [0.4, 0.5) is 0 Å². The SMILES string of the molecule is CC1=Cc2ccccc2C1.[H-].[Na+]. The second-order valence-electron chi connectivity index (χ2n) is 2.87. The third-order valence-electron chi connectivity index (χ3n) is 1.93. The standard InChI is InChI=1S/C10H10.Na.H/c1-8-6-9-4-2-3-5-10(9)7-8;;/h2-6H,7H2,1H3;;/q;+1;-1. The summed E-state index contributed by atoms with van der Waals surface area (Å²) >= 11 is 0. The summed E-state index contributed by atoms with van der Waals surface area (Å²) in [7, 11) is 0. The Morgan fingerprint density at radius 3 is 2.73 bits per heavy atom. The van der Waals surface area contributed by atoms with Gasteiger partial charge >= 0.3 is 29.6 Å². The van der Waals surface area contributed by atoms with E-state index in [0.29, 0.717) is 0 Å². The van der Waals surface area contributed by atoms with Gasteiger partial charge in [-0.05, 0) is 24.5 Å². The van der Waals surface area contributed by atoms with E-state index in [1.807, 2.05) is 0 Å². The second kappa shape index (κ2) is 3.57.